The van der Waals surface area contributed by atoms with Crippen molar-refractivity contribution in [2.45, 2.75) is 6.54 Å². The first kappa shape index (κ1) is 15.8. The zero-order valence-electron chi connectivity index (χ0n) is 14.0. The number of rotatable bonds is 5. The van der Waals surface area contributed by atoms with Gasteiger partial charge in [-0.25, -0.2) is 9.61 Å². The fourth-order valence-corrected chi connectivity index (χ4v) is 2.82. The zero-order valence-corrected chi connectivity index (χ0v) is 14.0. The van der Waals surface area contributed by atoms with Crippen molar-refractivity contribution in [2.24, 2.45) is 0 Å². The number of carbonyl (C=O) groups excluding carboxylic acids is 1. The number of para-hydroxylation sites is 2. The molecular weight excluding hydrogens is 332 g/mol. The second-order valence-electron chi connectivity index (χ2n) is 5.77. The van der Waals surface area contributed by atoms with E-state index in [0.717, 1.165) is 11.0 Å². The quantitative estimate of drug-likeness (QED) is 0.421. The molecule has 8 nitrogen and oxygen atoms in total. The summed E-state index contributed by atoms with van der Waals surface area (Å²) in [4.78, 5) is 17.4. The number of carbonyl (C=O) groups is 1. The van der Waals surface area contributed by atoms with E-state index in [4.69, 9.17) is 10.4 Å². The van der Waals surface area contributed by atoms with Crippen molar-refractivity contribution in [3.8, 4) is 11.5 Å². The number of nitrogens with two attached hydrogens (primary N) is 1. The maximum absolute atomic E-state index is 12.8. The number of nitrogens with zero attached hydrogens (tertiary/aromatic N) is 4. The molecule has 0 bridgehead atoms. The minimum Gasteiger partial charge on any atom is -0.399 e. The maximum atomic E-state index is 12.8. The Morgan fingerprint density at radius 2 is 1.92 bits per heavy atom. The van der Waals surface area contributed by atoms with E-state index >= 15 is 0 Å². The van der Waals surface area contributed by atoms with Crippen LogP contribution in [0.3, 0.4) is 0 Å². The molecule has 0 aliphatic heterocycles. The first-order chi connectivity index (χ1) is 12.7. The Labute approximate surface area is 148 Å². The Bertz CT molecular complexity index is 1080. The molecule has 0 atom stereocenters. The molecule has 0 saturated heterocycles. The van der Waals surface area contributed by atoms with Gasteiger partial charge in [0.1, 0.15) is 0 Å². The van der Waals surface area contributed by atoms with Crippen LogP contribution in [0.15, 0.2) is 53.2 Å². The highest BCUT2D eigenvalue weighted by molar-refractivity contribution is 5.97. The van der Waals surface area contributed by atoms with E-state index in [1.165, 1.54) is 0 Å². The lowest BCUT2D eigenvalue weighted by atomic mass is 10.1. The first-order valence-corrected chi connectivity index (χ1v) is 8.02. The van der Waals surface area contributed by atoms with Crippen molar-refractivity contribution in [1.82, 2.24) is 19.9 Å². The summed E-state index contributed by atoms with van der Waals surface area (Å²) in [6.07, 6.45) is 0. The van der Waals surface area contributed by atoms with E-state index in [1.807, 2.05) is 28.8 Å². The van der Waals surface area contributed by atoms with Crippen molar-refractivity contribution in [3.63, 3.8) is 0 Å². The molecule has 0 aliphatic carbocycles. The van der Waals surface area contributed by atoms with Gasteiger partial charge in [0, 0.05) is 18.3 Å². The standard InChI is InChI=1S/C18H16N6O2/c1-20-17-16(22-26-23-17)18-21-13-4-2-3-5-14(13)24(18)10-15(25)11-6-8-12(19)9-7-11/h2-9H,10,19H2,1H3,(H,20,23). The van der Waals surface area contributed by atoms with Gasteiger partial charge >= 0.3 is 0 Å². The third-order valence-corrected chi connectivity index (χ3v) is 4.13. The minimum atomic E-state index is -0.0585. The number of nitrogens with one attached hydrogen (secondary N) is 1. The molecule has 0 radical (unpaired) electrons. The van der Waals surface area contributed by atoms with Crippen molar-refractivity contribution in [1.29, 1.82) is 0 Å². The van der Waals surface area contributed by atoms with Crippen LogP contribution in [0.4, 0.5) is 11.5 Å². The molecule has 3 N–H and O–H groups in total. The van der Waals surface area contributed by atoms with Crippen LogP contribution in [0.25, 0.3) is 22.6 Å². The average molecular weight is 348 g/mol. The van der Waals surface area contributed by atoms with Gasteiger partial charge in [-0.2, -0.15) is 0 Å². The van der Waals surface area contributed by atoms with Gasteiger partial charge in [-0.3, -0.25) is 4.79 Å². The van der Waals surface area contributed by atoms with Crippen molar-refractivity contribution >= 4 is 28.3 Å². The highest BCUT2D eigenvalue weighted by Gasteiger charge is 2.21. The fraction of sp³-hybridized carbons (Fsp3) is 0.111. The number of nitrogen functional groups attached to an aromatic ring is 1. The molecule has 26 heavy (non-hydrogen) atoms. The number of anilines is 2. The van der Waals surface area contributed by atoms with E-state index in [2.05, 4.69) is 20.6 Å². The van der Waals surface area contributed by atoms with Crippen LogP contribution in [-0.2, 0) is 6.54 Å². The Kier molecular flexibility index (Phi) is 3.85. The summed E-state index contributed by atoms with van der Waals surface area (Å²) >= 11 is 0. The average Bonchev–Trinajstić information content (AvgIpc) is 3.26. The van der Waals surface area contributed by atoms with E-state index < -0.39 is 0 Å². The third kappa shape index (κ3) is 2.67. The van der Waals surface area contributed by atoms with Gasteiger partial charge in [0.15, 0.2) is 17.3 Å². The molecule has 0 aliphatic rings. The monoisotopic (exact) mass is 348 g/mol. The van der Waals surface area contributed by atoms with E-state index in [9.17, 15) is 4.79 Å². The summed E-state index contributed by atoms with van der Waals surface area (Å²) in [6.45, 7) is 0.107. The van der Waals surface area contributed by atoms with Crippen LogP contribution < -0.4 is 11.1 Å². The summed E-state index contributed by atoms with van der Waals surface area (Å²) in [5, 5.41) is 10.7. The number of hydrogen-bond donors (Lipinski definition) is 2. The molecule has 8 heteroatoms. The molecule has 0 unspecified atom stereocenters. The van der Waals surface area contributed by atoms with E-state index in [-0.39, 0.29) is 12.3 Å². The highest BCUT2D eigenvalue weighted by Crippen LogP contribution is 2.28. The normalized spacial score (nSPS) is 11.0. The van der Waals surface area contributed by atoms with Gasteiger partial charge in [0.2, 0.25) is 5.82 Å². The molecule has 0 saturated carbocycles. The van der Waals surface area contributed by atoms with E-state index in [0.29, 0.717) is 28.6 Å². The molecule has 2 aromatic carbocycles. The van der Waals surface area contributed by atoms with Gasteiger partial charge in [0.25, 0.3) is 0 Å². The Morgan fingerprint density at radius 3 is 2.69 bits per heavy atom. The van der Waals surface area contributed by atoms with Crippen LogP contribution in [-0.4, -0.2) is 32.7 Å². The van der Waals surface area contributed by atoms with Crippen molar-refractivity contribution < 1.29 is 9.42 Å². The smallest absolute Gasteiger partial charge is 0.201 e. The fourth-order valence-electron chi connectivity index (χ4n) is 2.82. The lowest BCUT2D eigenvalue weighted by Gasteiger charge is -2.08. The number of fused-ring (bicyclic) bond motifs is 1. The minimum absolute atomic E-state index is 0.0585. The molecule has 130 valence electrons. The first-order valence-electron chi connectivity index (χ1n) is 8.02. The second kappa shape index (κ2) is 6.32. The predicted molar refractivity (Wildman–Crippen MR) is 97.8 cm³/mol. The molecule has 0 fully saturated rings. The van der Waals surface area contributed by atoms with Gasteiger partial charge in [0.05, 0.1) is 17.6 Å². The number of imidazole rings is 1. The van der Waals surface area contributed by atoms with Crippen molar-refractivity contribution in [2.75, 3.05) is 18.1 Å². The highest BCUT2D eigenvalue weighted by atomic mass is 16.6. The topological polar surface area (TPSA) is 112 Å². The summed E-state index contributed by atoms with van der Waals surface area (Å²) < 4.78 is 6.64. The van der Waals surface area contributed by atoms with Crippen LogP contribution in [0.5, 0.6) is 0 Å². The molecule has 4 aromatic rings. The van der Waals surface area contributed by atoms with E-state index in [1.54, 1.807) is 31.3 Å². The number of Topliss-reactive ketones (excluding diaryl/α,β-unsaturated/α-hetero) is 1. The van der Waals surface area contributed by atoms with Crippen LogP contribution >= 0.6 is 0 Å². The van der Waals surface area contributed by atoms with Crippen LogP contribution in [0, 0.1) is 0 Å². The zero-order chi connectivity index (χ0) is 18.1. The van der Waals surface area contributed by atoms with Gasteiger partial charge in [-0.15, -0.1) is 0 Å². The number of aromatic nitrogens is 4. The second-order valence-corrected chi connectivity index (χ2v) is 5.77. The summed E-state index contributed by atoms with van der Waals surface area (Å²) in [5.74, 6) is 0.916. The lowest BCUT2D eigenvalue weighted by molar-refractivity contribution is 0.0974. The summed E-state index contributed by atoms with van der Waals surface area (Å²) in [7, 11) is 1.72. The summed E-state index contributed by atoms with van der Waals surface area (Å²) in [6, 6.07) is 14.4. The molecule has 0 spiro atoms. The SMILES string of the molecule is CNc1nonc1-c1nc2ccccc2n1CC(=O)c1ccc(N)cc1. The number of benzene rings is 2. The number of hydrogen-bond acceptors (Lipinski definition) is 7. The Balaban J connectivity index is 1.81. The van der Waals surface area contributed by atoms with Gasteiger partial charge in [-0.05, 0) is 46.7 Å². The Morgan fingerprint density at radius 1 is 1.15 bits per heavy atom. The molecule has 2 aromatic heterocycles. The third-order valence-electron chi connectivity index (χ3n) is 4.13. The maximum Gasteiger partial charge on any atom is 0.201 e. The van der Waals surface area contributed by atoms with Gasteiger partial charge in [-0.1, -0.05) is 12.1 Å². The molecular formula is C18H16N6O2. The van der Waals surface area contributed by atoms with Crippen molar-refractivity contribution in [3.05, 3.63) is 54.1 Å². The van der Waals surface area contributed by atoms with Gasteiger partial charge < -0.3 is 15.6 Å². The Hall–Kier alpha value is -3.68. The number of ketones is 1. The predicted octanol–water partition coefficient (Wildman–Crippen LogP) is 2.59. The van der Waals surface area contributed by atoms with Crippen LogP contribution in [0.2, 0.25) is 0 Å². The lowest BCUT2D eigenvalue weighted by Crippen LogP contribution is -2.12. The molecule has 0 amide bonds. The molecule has 4 rings (SSSR count). The molecule has 2 heterocycles. The largest absolute Gasteiger partial charge is 0.399 e. The van der Waals surface area contributed by atoms with Crippen LogP contribution in [0.1, 0.15) is 10.4 Å². The summed E-state index contributed by atoms with van der Waals surface area (Å²) in [5.41, 5.74) is 8.94.